The Bertz CT molecular complexity index is 265. The normalized spacial score (nSPS) is 9.17. The number of hydroxylamine groups is 1. The van der Waals surface area contributed by atoms with E-state index in [4.69, 9.17) is 17.0 Å². The third kappa shape index (κ3) is 1.87. The summed E-state index contributed by atoms with van der Waals surface area (Å²) in [6.07, 6.45) is 0. The second-order valence-electron chi connectivity index (χ2n) is 2.03. The topological polar surface area (TPSA) is 52.6 Å². The van der Waals surface area contributed by atoms with E-state index in [0.29, 0.717) is 5.69 Å². The van der Waals surface area contributed by atoms with E-state index in [1.807, 2.05) is 0 Å². The van der Waals surface area contributed by atoms with Crippen LogP contribution in [0.3, 0.4) is 0 Å². The van der Waals surface area contributed by atoms with E-state index in [-0.39, 0.29) is 0 Å². The van der Waals surface area contributed by atoms with Crippen LogP contribution in [-0.2, 0) is 0 Å². The number of urea groups is 1. The first-order valence-corrected chi connectivity index (χ1v) is 3.54. The van der Waals surface area contributed by atoms with Crippen LogP contribution in [0.15, 0.2) is 30.3 Å². The Morgan fingerprint density at radius 2 is 2.00 bits per heavy atom. The number of anilines is 1. The van der Waals surface area contributed by atoms with Crippen LogP contribution in [0.2, 0.25) is 0 Å². The number of halogens is 1. The van der Waals surface area contributed by atoms with Crippen molar-refractivity contribution in [1.82, 2.24) is 5.48 Å². The lowest BCUT2D eigenvalue weighted by molar-refractivity contribution is 0.169. The van der Waals surface area contributed by atoms with E-state index in [0.717, 1.165) is 4.42 Å². The van der Waals surface area contributed by atoms with Crippen molar-refractivity contribution in [2.24, 2.45) is 0 Å². The molecule has 0 saturated carbocycles. The van der Waals surface area contributed by atoms with Gasteiger partial charge in [-0.15, -0.1) is 0 Å². The van der Waals surface area contributed by atoms with Crippen molar-refractivity contribution in [2.45, 2.75) is 0 Å². The maximum absolute atomic E-state index is 10.7. The molecule has 1 rings (SSSR count). The lowest BCUT2D eigenvalue weighted by Gasteiger charge is -2.11. The maximum Gasteiger partial charge on any atom is 0.360 e. The molecule has 0 fully saturated rings. The molecule has 5 heteroatoms. The standard InChI is InChI=1S/C7H7ClN2O2/c8-10(7(11)9-12)6-4-2-1-3-5-6/h1-5,12H,(H,9,11). The predicted octanol–water partition coefficient (Wildman–Crippen LogP) is 1.75. The summed E-state index contributed by atoms with van der Waals surface area (Å²) in [5.74, 6) is 0. The van der Waals surface area contributed by atoms with Gasteiger partial charge in [-0.2, -0.15) is 0 Å². The summed E-state index contributed by atoms with van der Waals surface area (Å²) in [6.45, 7) is 0. The van der Waals surface area contributed by atoms with E-state index in [1.54, 1.807) is 30.3 Å². The molecule has 0 heterocycles. The summed E-state index contributed by atoms with van der Waals surface area (Å²) < 4.78 is 0.778. The molecule has 0 aromatic heterocycles. The monoisotopic (exact) mass is 186 g/mol. The second-order valence-corrected chi connectivity index (χ2v) is 2.37. The molecule has 0 aliphatic heterocycles. The minimum absolute atomic E-state index is 0.491. The van der Waals surface area contributed by atoms with Crippen LogP contribution in [0.4, 0.5) is 10.5 Å². The molecule has 64 valence electrons. The summed E-state index contributed by atoms with van der Waals surface area (Å²) >= 11 is 5.52. The van der Waals surface area contributed by atoms with E-state index in [2.05, 4.69) is 0 Å². The molecular weight excluding hydrogens is 180 g/mol. The molecule has 4 nitrogen and oxygen atoms in total. The quantitative estimate of drug-likeness (QED) is 0.399. The molecule has 12 heavy (non-hydrogen) atoms. The number of carbonyl (C=O) groups excluding carboxylic acids is 1. The Labute approximate surface area is 74.4 Å². The summed E-state index contributed by atoms with van der Waals surface area (Å²) in [7, 11) is 0. The van der Waals surface area contributed by atoms with Gasteiger partial charge in [-0.05, 0) is 12.1 Å². The van der Waals surface area contributed by atoms with Crippen molar-refractivity contribution >= 4 is 23.5 Å². The van der Waals surface area contributed by atoms with Gasteiger partial charge in [0.05, 0.1) is 5.69 Å². The Hall–Kier alpha value is -1.26. The van der Waals surface area contributed by atoms with Crippen LogP contribution >= 0.6 is 11.8 Å². The van der Waals surface area contributed by atoms with Crippen molar-refractivity contribution in [3.8, 4) is 0 Å². The average molecular weight is 187 g/mol. The Kier molecular flexibility index (Phi) is 2.90. The van der Waals surface area contributed by atoms with Crippen molar-refractivity contribution in [2.75, 3.05) is 4.42 Å². The van der Waals surface area contributed by atoms with Gasteiger partial charge in [-0.1, -0.05) is 18.2 Å². The number of amides is 2. The Morgan fingerprint density at radius 1 is 1.42 bits per heavy atom. The van der Waals surface area contributed by atoms with Gasteiger partial charge in [0, 0.05) is 11.8 Å². The average Bonchev–Trinajstić information content (AvgIpc) is 2.17. The highest BCUT2D eigenvalue weighted by Crippen LogP contribution is 2.14. The molecule has 0 spiro atoms. The van der Waals surface area contributed by atoms with Crippen molar-refractivity contribution < 1.29 is 10.0 Å². The number of benzene rings is 1. The summed E-state index contributed by atoms with van der Waals surface area (Å²) in [4.78, 5) is 10.7. The van der Waals surface area contributed by atoms with Crippen LogP contribution in [-0.4, -0.2) is 11.2 Å². The molecule has 0 aliphatic rings. The molecule has 0 bridgehead atoms. The first-order valence-electron chi connectivity index (χ1n) is 3.20. The van der Waals surface area contributed by atoms with Crippen molar-refractivity contribution in [1.29, 1.82) is 0 Å². The number of para-hydroxylation sites is 1. The van der Waals surface area contributed by atoms with Gasteiger partial charge < -0.3 is 0 Å². The summed E-state index contributed by atoms with van der Waals surface area (Å²) in [5.41, 5.74) is 1.91. The van der Waals surface area contributed by atoms with E-state index < -0.39 is 6.03 Å². The van der Waals surface area contributed by atoms with Crippen LogP contribution < -0.4 is 9.90 Å². The second kappa shape index (κ2) is 3.94. The Balaban J connectivity index is 2.78. The van der Waals surface area contributed by atoms with Crippen LogP contribution in [0.1, 0.15) is 0 Å². The molecular formula is C7H7ClN2O2. The number of rotatable bonds is 1. The summed E-state index contributed by atoms with van der Waals surface area (Å²) in [5, 5.41) is 8.24. The molecule has 0 radical (unpaired) electrons. The first-order chi connectivity index (χ1) is 5.75. The highest BCUT2D eigenvalue weighted by atomic mass is 35.5. The fourth-order valence-electron chi connectivity index (χ4n) is 0.720. The van der Waals surface area contributed by atoms with Gasteiger partial charge in [-0.3, -0.25) is 5.21 Å². The number of hydrogen-bond donors (Lipinski definition) is 2. The lowest BCUT2D eigenvalue weighted by atomic mass is 10.3. The molecule has 0 aliphatic carbocycles. The molecule has 1 aromatic rings. The number of hydrogen-bond acceptors (Lipinski definition) is 2. The molecule has 0 saturated heterocycles. The van der Waals surface area contributed by atoms with Gasteiger partial charge in [0.2, 0.25) is 0 Å². The van der Waals surface area contributed by atoms with Gasteiger partial charge in [0.25, 0.3) is 0 Å². The minimum Gasteiger partial charge on any atom is -0.287 e. The third-order valence-corrected chi connectivity index (χ3v) is 1.61. The third-order valence-electron chi connectivity index (χ3n) is 1.26. The van der Waals surface area contributed by atoms with Crippen molar-refractivity contribution in [3.05, 3.63) is 30.3 Å². The fourth-order valence-corrected chi connectivity index (χ4v) is 0.871. The lowest BCUT2D eigenvalue weighted by Crippen LogP contribution is -2.31. The van der Waals surface area contributed by atoms with Crippen LogP contribution in [0.25, 0.3) is 0 Å². The van der Waals surface area contributed by atoms with Gasteiger partial charge in [0.1, 0.15) is 0 Å². The smallest absolute Gasteiger partial charge is 0.287 e. The number of nitrogens with one attached hydrogen (secondary N) is 1. The zero-order chi connectivity index (χ0) is 8.97. The molecule has 2 amide bonds. The first kappa shape index (κ1) is 8.83. The molecule has 0 unspecified atom stereocenters. The SMILES string of the molecule is O=C(NO)N(Cl)c1ccccc1. The van der Waals surface area contributed by atoms with Gasteiger partial charge in [-0.25, -0.2) is 14.7 Å². The zero-order valence-electron chi connectivity index (χ0n) is 6.07. The van der Waals surface area contributed by atoms with E-state index in [1.165, 1.54) is 5.48 Å². The largest absolute Gasteiger partial charge is 0.360 e. The highest BCUT2D eigenvalue weighted by Gasteiger charge is 2.10. The highest BCUT2D eigenvalue weighted by molar-refractivity contribution is 6.36. The van der Waals surface area contributed by atoms with E-state index >= 15 is 0 Å². The summed E-state index contributed by atoms with van der Waals surface area (Å²) in [6, 6.07) is 7.75. The molecule has 1 aromatic carbocycles. The Morgan fingerprint density at radius 3 is 2.50 bits per heavy atom. The molecule has 0 atom stereocenters. The van der Waals surface area contributed by atoms with Crippen LogP contribution in [0.5, 0.6) is 0 Å². The maximum atomic E-state index is 10.7. The van der Waals surface area contributed by atoms with Crippen LogP contribution in [0, 0.1) is 0 Å². The number of nitrogens with zero attached hydrogens (tertiary/aromatic N) is 1. The molecule has 2 N–H and O–H groups in total. The predicted molar refractivity (Wildman–Crippen MR) is 45.1 cm³/mol. The fraction of sp³-hybridized carbons (Fsp3) is 0. The minimum atomic E-state index is -0.789. The van der Waals surface area contributed by atoms with Crippen molar-refractivity contribution in [3.63, 3.8) is 0 Å². The zero-order valence-corrected chi connectivity index (χ0v) is 6.82. The van der Waals surface area contributed by atoms with Gasteiger partial charge in [0.15, 0.2) is 0 Å². The van der Waals surface area contributed by atoms with Gasteiger partial charge >= 0.3 is 6.03 Å². The number of carbonyl (C=O) groups is 1. The van der Waals surface area contributed by atoms with E-state index in [9.17, 15) is 4.79 Å².